The summed E-state index contributed by atoms with van der Waals surface area (Å²) in [6, 6.07) is 6.17. The van der Waals surface area contributed by atoms with Gasteiger partial charge in [0.2, 0.25) is 0 Å². The fourth-order valence-electron chi connectivity index (χ4n) is 2.54. The molecular formula is C14H23N3. The molecule has 3 nitrogen and oxygen atoms in total. The van der Waals surface area contributed by atoms with Crippen molar-refractivity contribution in [1.82, 2.24) is 4.90 Å². The summed E-state index contributed by atoms with van der Waals surface area (Å²) in [4.78, 5) is 2.51. The first-order valence-electron chi connectivity index (χ1n) is 6.50. The van der Waals surface area contributed by atoms with Gasteiger partial charge >= 0.3 is 0 Å². The Morgan fingerprint density at radius 3 is 2.88 bits per heavy atom. The first-order valence-corrected chi connectivity index (χ1v) is 6.50. The summed E-state index contributed by atoms with van der Waals surface area (Å²) in [7, 11) is 0. The Balaban J connectivity index is 1.85. The molecule has 2 rings (SSSR count). The Kier molecular flexibility index (Phi) is 3.89. The predicted molar refractivity (Wildman–Crippen MR) is 74.3 cm³/mol. The molecule has 1 aromatic rings. The van der Waals surface area contributed by atoms with Crippen LogP contribution in [0.1, 0.15) is 18.9 Å². The number of hydrogen-bond acceptors (Lipinski definition) is 3. The Hall–Kier alpha value is -1.22. The van der Waals surface area contributed by atoms with Crippen molar-refractivity contribution >= 4 is 11.4 Å². The number of hydrogen-bond donors (Lipinski definition) is 2. The van der Waals surface area contributed by atoms with Gasteiger partial charge in [-0.3, -0.25) is 0 Å². The number of nitrogens with two attached hydrogens (primary N) is 1. The van der Waals surface area contributed by atoms with Crippen LogP contribution >= 0.6 is 0 Å². The van der Waals surface area contributed by atoms with Gasteiger partial charge in [-0.15, -0.1) is 0 Å². The van der Waals surface area contributed by atoms with Crippen molar-refractivity contribution in [3.05, 3.63) is 23.8 Å². The van der Waals surface area contributed by atoms with Crippen LogP contribution in [0.3, 0.4) is 0 Å². The van der Waals surface area contributed by atoms with Gasteiger partial charge in [0.15, 0.2) is 0 Å². The third kappa shape index (κ3) is 3.37. The van der Waals surface area contributed by atoms with E-state index in [1.54, 1.807) is 0 Å². The zero-order valence-corrected chi connectivity index (χ0v) is 10.9. The fraction of sp³-hybridized carbons (Fsp3) is 0.571. The number of nitrogens with zero attached hydrogens (tertiary/aromatic N) is 1. The van der Waals surface area contributed by atoms with E-state index in [1.807, 2.05) is 12.1 Å². The minimum Gasteiger partial charge on any atom is -0.399 e. The van der Waals surface area contributed by atoms with E-state index in [9.17, 15) is 0 Å². The molecule has 1 saturated heterocycles. The number of nitrogen functional groups attached to an aromatic ring is 1. The topological polar surface area (TPSA) is 41.3 Å². The van der Waals surface area contributed by atoms with Gasteiger partial charge in [-0.05, 0) is 56.1 Å². The molecule has 94 valence electrons. The summed E-state index contributed by atoms with van der Waals surface area (Å²) in [5.74, 6) is 0.775. The molecule has 1 heterocycles. The molecule has 0 radical (unpaired) electrons. The number of likely N-dealkylation sites (tertiary alicyclic amines) is 1. The molecule has 1 atom stereocenters. The van der Waals surface area contributed by atoms with Crippen molar-refractivity contribution in [1.29, 1.82) is 0 Å². The maximum atomic E-state index is 5.84. The average Bonchev–Trinajstić information content (AvgIpc) is 2.73. The lowest BCUT2D eigenvalue weighted by Gasteiger charge is -2.15. The monoisotopic (exact) mass is 233 g/mol. The highest BCUT2D eigenvalue weighted by atomic mass is 15.1. The summed E-state index contributed by atoms with van der Waals surface area (Å²) in [5, 5.41) is 3.51. The van der Waals surface area contributed by atoms with Crippen LogP contribution in [0.25, 0.3) is 0 Å². The molecule has 0 saturated carbocycles. The lowest BCUT2D eigenvalue weighted by molar-refractivity contribution is 0.345. The second kappa shape index (κ2) is 5.41. The first-order chi connectivity index (χ1) is 8.17. The van der Waals surface area contributed by atoms with E-state index in [1.165, 1.54) is 31.6 Å². The Labute approximate surface area is 104 Å². The summed E-state index contributed by atoms with van der Waals surface area (Å²) in [5.41, 5.74) is 9.05. The molecule has 0 aliphatic carbocycles. The summed E-state index contributed by atoms with van der Waals surface area (Å²) in [6.07, 6.45) is 1.31. The molecule has 3 N–H and O–H groups in total. The summed E-state index contributed by atoms with van der Waals surface area (Å²) < 4.78 is 0. The molecule has 0 aromatic heterocycles. The van der Waals surface area contributed by atoms with Gasteiger partial charge in [0.1, 0.15) is 0 Å². The third-order valence-corrected chi connectivity index (χ3v) is 3.51. The third-order valence-electron chi connectivity index (χ3n) is 3.51. The number of aryl methyl sites for hydroxylation is 1. The van der Waals surface area contributed by atoms with Gasteiger partial charge in [-0.2, -0.15) is 0 Å². The maximum Gasteiger partial charge on any atom is 0.0363 e. The Bertz CT molecular complexity index is 355. The van der Waals surface area contributed by atoms with Crippen LogP contribution in [0.4, 0.5) is 11.4 Å². The van der Waals surface area contributed by atoms with Crippen molar-refractivity contribution < 1.29 is 0 Å². The molecule has 1 fully saturated rings. The maximum absolute atomic E-state index is 5.84. The summed E-state index contributed by atoms with van der Waals surface area (Å²) in [6.45, 7) is 9.02. The van der Waals surface area contributed by atoms with Gasteiger partial charge in [-0.1, -0.05) is 6.92 Å². The molecule has 1 unspecified atom stereocenters. The van der Waals surface area contributed by atoms with Gasteiger partial charge in [0.05, 0.1) is 0 Å². The number of anilines is 2. The Morgan fingerprint density at radius 2 is 2.24 bits per heavy atom. The van der Waals surface area contributed by atoms with Crippen LogP contribution in [-0.4, -0.2) is 31.1 Å². The quantitative estimate of drug-likeness (QED) is 0.784. The van der Waals surface area contributed by atoms with Gasteiger partial charge in [0, 0.05) is 24.5 Å². The van der Waals surface area contributed by atoms with Crippen molar-refractivity contribution in [3.63, 3.8) is 0 Å². The van der Waals surface area contributed by atoms with Crippen molar-refractivity contribution in [2.24, 2.45) is 5.92 Å². The lowest BCUT2D eigenvalue weighted by atomic mass is 10.1. The zero-order chi connectivity index (χ0) is 12.3. The predicted octanol–water partition coefficient (Wildman–Crippen LogP) is 2.33. The SMILES string of the molecule is CCN1CCC(CNc2cc(C)cc(N)c2)C1. The molecule has 3 heteroatoms. The van der Waals surface area contributed by atoms with Gasteiger partial charge < -0.3 is 16.0 Å². The lowest BCUT2D eigenvalue weighted by Crippen LogP contribution is -2.22. The Morgan fingerprint density at radius 1 is 1.41 bits per heavy atom. The summed E-state index contributed by atoms with van der Waals surface area (Å²) >= 11 is 0. The second-order valence-corrected chi connectivity index (χ2v) is 5.06. The van der Waals surface area contributed by atoms with Crippen LogP contribution in [-0.2, 0) is 0 Å². The number of benzene rings is 1. The number of nitrogens with one attached hydrogen (secondary N) is 1. The van der Waals surface area contributed by atoms with Gasteiger partial charge in [0.25, 0.3) is 0 Å². The first kappa shape index (κ1) is 12.2. The fourth-order valence-corrected chi connectivity index (χ4v) is 2.54. The van der Waals surface area contributed by atoms with E-state index in [-0.39, 0.29) is 0 Å². The van der Waals surface area contributed by atoms with Crippen LogP contribution in [0.5, 0.6) is 0 Å². The van der Waals surface area contributed by atoms with E-state index < -0.39 is 0 Å². The van der Waals surface area contributed by atoms with Crippen LogP contribution in [0.15, 0.2) is 18.2 Å². The van der Waals surface area contributed by atoms with Crippen LogP contribution in [0.2, 0.25) is 0 Å². The van der Waals surface area contributed by atoms with E-state index in [0.29, 0.717) is 0 Å². The van der Waals surface area contributed by atoms with E-state index in [4.69, 9.17) is 5.73 Å². The highest BCUT2D eigenvalue weighted by molar-refractivity contribution is 5.56. The highest BCUT2D eigenvalue weighted by Gasteiger charge is 2.20. The van der Waals surface area contributed by atoms with Crippen molar-refractivity contribution in [2.75, 3.05) is 37.2 Å². The molecule has 1 aliphatic heterocycles. The van der Waals surface area contributed by atoms with Crippen LogP contribution in [0, 0.1) is 12.8 Å². The minimum atomic E-state index is 0.775. The minimum absolute atomic E-state index is 0.775. The molecule has 1 aliphatic rings. The molecule has 1 aromatic carbocycles. The van der Waals surface area contributed by atoms with E-state index >= 15 is 0 Å². The standard InChI is InChI=1S/C14H23N3/c1-3-17-5-4-12(10-17)9-16-14-7-11(2)6-13(15)8-14/h6-8,12,16H,3-5,9-10,15H2,1-2H3. The molecule has 0 bridgehead atoms. The molecular weight excluding hydrogens is 210 g/mol. The van der Waals surface area contributed by atoms with E-state index in [2.05, 4.69) is 30.1 Å². The normalized spacial score (nSPS) is 20.7. The highest BCUT2D eigenvalue weighted by Crippen LogP contribution is 2.19. The van der Waals surface area contributed by atoms with E-state index in [0.717, 1.165) is 23.8 Å². The van der Waals surface area contributed by atoms with Gasteiger partial charge in [-0.25, -0.2) is 0 Å². The average molecular weight is 233 g/mol. The zero-order valence-electron chi connectivity index (χ0n) is 10.9. The van der Waals surface area contributed by atoms with Crippen molar-refractivity contribution in [2.45, 2.75) is 20.3 Å². The molecule has 17 heavy (non-hydrogen) atoms. The van der Waals surface area contributed by atoms with Crippen LogP contribution < -0.4 is 11.1 Å². The van der Waals surface area contributed by atoms with Crippen molar-refractivity contribution in [3.8, 4) is 0 Å². The number of rotatable bonds is 4. The smallest absolute Gasteiger partial charge is 0.0363 e. The molecule has 0 amide bonds. The molecule has 0 spiro atoms. The second-order valence-electron chi connectivity index (χ2n) is 5.06. The largest absolute Gasteiger partial charge is 0.399 e.